The third-order valence-electron chi connectivity index (χ3n) is 3.59. The molecule has 1 aromatic rings. The molecule has 1 saturated heterocycles. The lowest BCUT2D eigenvalue weighted by Crippen LogP contribution is -2.39. The van der Waals surface area contributed by atoms with Crippen LogP contribution in [0.2, 0.25) is 0 Å². The normalized spacial score (nSPS) is 21.2. The van der Waals surface area contributed by atoms with Crippen LogP contribution in [0.25, 0.3) is 0 Å². The summed E-state index contributed by atoms with van der Waals surface area (Å²) in [7, 11) is 0. The van der Waals surface area contributed by atoms with Crippen molar-refractivity contribution in [1.82, 2.24) is 10.2 Å². The fourth-order valence-corrected chi connectivity index (χ4v) is 4.19. The molecule has 4 heteroatoms. The van der Waals surface area contributed by atoms with Gasteiger partial charge in [0, 0.05) is 27.8 Å². The van der Waals surface area contributed by atoms with Gasteiger partial charge in [0.2, 0.25) is 0 Å². The van der Waals surface area contributed by atoms with Gasteiger partial charge < -0.3 is 5.32 Å². The Balaban J connectivity index is 1.74. The molecule has 2 rings (SSSR count). The summed E-state index contributed by atoms with van der Waals surface area (Å²) in [4.78, 5) is 4.09. The molecule has 1 unspecified atom stereocenters. The molecule has 0 saturated carbocycles. The molecule has 1 aliphatic heterocycles. The Bertz CT molecular complexity index is 378. The molecule has 1 aliphatic rings. The van der Waals surface area contributed by atoms with Gasteiger partial charge in [0.1, 0.15) is 0 Å². The van der Waals surface area contributed by atoms with Gasteiger partial charge in [-0.2, -0.15) is 0 Å². The van der Waals surface area contributed by atoms with E-state index in [0.29, 0.717) is 0 Å². The molecule has 0 spiro atoms. The van der Waals surface area contributed by atoms with Crippen LogP contribution in [0.1, 0.15) is 31.6 Å². The average molecular weight is 345 g/mol. The summed E-state index contributed by atoms with van der Waals surface area (Å²) in [6.07, 6.45) is 2.73. The molecule has 1 atom stereocenters. The van der Waals surface area contributed by atoms with E-state index in [4.69, 9.17) is 0 Å². The summed E-state index contributed by atoms with van der Waals surface area (Å²) in [5, 5.41) is 5.79. The van der Waals surface area contributed by atoms with E-state index in [-0.39, 0.29) is 0 Å². The third kappa shape index (κ3) is 5.54. The van der Waals surface area contributed by atoms with Crippen LogP contribution in [0.15, 0.2) is 15.9 Å². The van der Waals surface area contributed by atoms with Gasteiger partial charge in [0.05, 0.1) is 0 Å². The molecule has 0 aliphatic carbocycles. The Kier molecular flexibility index (Phi) is 6.33. The molecule has 19 heavy (non-hydrogen) atoms. The number of thiophene rings is 1. The van der Waals surface area contributed by atoms with E-state index < -0.39 is 0 Å². The largest absolute Gasteiger partial charge is 0.316 e. The molecular formula is C15H25BrN2S. The molecule has 1 aromatic heterocycles. The number of likely N-dealkylation sites (tertiary alicyclic amines) is 1. The fourth-order valence-electron chi connectivity index (χ4n) is 2.69. The van der Waals surface area contributed by atoms with Crippen molar-refractivity contribution in [2.75, 3.05) is 26.2 Å². The Morgan fingerprint density at radius 2 is 2.37 bits per heavy atom. The maximum Gasteiger partial charge on any atom is 0.0328 e. The maximum atomic E-state index is 3.61. The van der Waals surface area contributed by atoms with Crippen molar-refractivity contribution in [2.24, 2.45) is 11.8 Å². The second-order valence-electron chi connectivity index (χ2n) is 6.03. The van der Waals surface area contributed by atoms with Crippen LogP contribution in [0.3, 0.4) is 0 Å². The van der Waals surface area contributed by atoms with Crippen LogP contribution in [0.4, 0.5) is 0 Å². The lowest BCUT2D eigenvalue weighted by atomic mass is 9.98. The van der Waals surface area contributed by atoms with Crippen molar-refractivity contribution < 1.29 is 0 Å². The van der Waals surface area contributed by atoms with Crippen LogP contribution >= 0.6 is 27.3 Å². The Hall–Kier alpha value is 0.1000. The average Bonchev–Trinajstić information content (AvgIpc) is 2.75. The number of hydrogen-bond acceptors (Lipinski definition) is 3. The predicted octanol–water partition coefficient (Wildman–Crippen LogP) is 3.97. The van der Waals surface area contributed by atoms with Crippen molar-refractivity contribution in [3.05, 3.63) is 20.8 Å². The quantitative estimate of drug-likeness (QED) is 0.839. The number of halogens is 1. The number of nitrogens with zero attached hydrogens (tertiary/aromatic N) is 1. The van der Waals surface area contributed by atoms with Crippen molar-refractivity contribution in [2.45, 2.75) is 33.2 Å². The van der Waals surface area contributed by atoms with Crippen molar-refractivity contribution >= 4 is 27.3 Å². The second-order valence-corrected chi connectivity index (χ2v) is 7.94. The lowest BCUT2D eigenvalue weighted by molar-refractivity contribution is 0.166. The summed E-state index contributed by atoms with van der Waals surface area (Å²) < 4.78 is 1.22. The summed E-state index contributed by atoms with van der Waals surface area (Å²) in [5.74, 6) is 1.58. The fraction of sp³-hybridized carbons (Fsp3) is 0.733. The van der Waals surface area contributed by atoms with Gasteiger partial charge in [0.15, 0.2) is 0 Å². The van der Waals surface area contributed by atoms with Crippen LogP contribution in [0.5, 0.6) is 0 Å². The standard InChI is InChI=1S/C15H25BrN2S/c1-12(2)7-17-8-13-4-3-5-18(9-13)10-15-6-14(16)11-19-15/h6,11-13,17H,3-5,7-10H2,1-2H3. The summed E-state index contributed by atoms with van der Waals surface area (Å²) in [5.41, 5.74) is 0. The maximum absolute atomic E-state index is 3.61. The Labute approximate surface area is 129 Å². The highest BCUT2D eigenvalue weighted by Gasteiger charge is 2.20. The first kappa shape index (κ1) is 15.5. The van der Waals surface area contributed by atoms with E-state index >= 15 is 0 Å². The van der Waals surface area contributed by atoms with Crippen molar-refractivity contribution in [3.8, 4) is 0 Å². The molecule has 0 amide bonds. The van der Waals surface area contributed by atoms with Gasteiger partial charge in [-0.1, -0.05) is 13.8 Å². The van der Waals surface area contributed by atoms with Crippen LogP contribution < -0.4 is 5.32 Å². The second kappa shape index (κ2) is 7.77. The minimum atomic E-state index is 0.753. The predicted molar refractivity (Wildman–Crippen MR) is 87.7 cm³/mol. The van der Waals surface area contributed by atoms with Gasteiger partial charge in [-0.05, 0) is 66.3 Å². The van der Waals surface area contributed by atoms with Crippen molar-refractivity contribution in [3.63, 3.8) is 0 Å². The molecule has 0 aromatic carbocycles. The zero-order chi connectivity index (χ0) is 13.7. The summed E-state index contributed by atoms with van der Waals surface area (Å²) in [6.45, 7) is 10.5. The molecule has 2 nitrogen and oxygen atoms in total. The molecule has 0 radical (unpaired) electrons. The minimum Gasteiger partial charge on any atom is -0.316 e. The van der Waals surface area contributed by atoms with E-state index in [2.05, 4.69) is 51.4 Å². The summed E-state index contributed by atoms with van der Waals surface area (Å²) >= 11 is 5.40. The first-order chi connectivity index (χ1) is 9.13. The molecule has 2 heterocycles. The lowest BCUT2D eigenvalue weighted by Gasteiger charge is -2.32. The van der Waals surface area contributed by atoms with E-state index in [0.717, 1.165) is 24.9 Å². The highest BCUT2D eigenvalue weighted by Crippen LogP contribution is 2.24. The number of nitrogens with one attached hydrogen (secondary N) is 1. The monoisotopic (exact) mass is 344 g/mol. The van der Waals surface area contributed by atoms with Crippen LogP contribution in [0, 0.1) is 11.8 Å². The minimum absolute atomic E-state index is 0.753. The molecule has 108 valence electrons. The molecule has 0 bridgehead atoms. The van der Waals surface area contributed by atoms with Gasteiger partial charge in [-0.25, -0.2) is 0 Å². The van der Waals surface area contributed by atoms with E-state index in [1.807, 2.05) is 11.3 Å². The van der Waals surface area contributed by atoms with Crippen molar-refractivity contribution in [1.29, 1.82) is 0 Å². The first-order valence-corrected chi connectivity index (χ1v) is 8.96. The molecular weight excluding hydrogens is 320 g/mol. The smallest absolute Gasteiger partial charge is 0.0328 e. The van der Waals surface area contributed by atoms with Gasteiger partial charge in [-0.3, -0.25) is 4.90 Å². The molecule has 1 N–H and O–H groups in total. The summed E-state index contributed by atoms with van der Waals surface area (Å²) in [6, 6.07) is 2.26. The van der Waals surface area contributed by atoms with Crippen LogP contribution in [-0.4, -0.2) is 31.1 Å². The molecule has 1 fully saturated rings. The topological polar surface area (TPSA) is 15.3 Å². The Morgan fingerprint density at radius 1 is 1.53 bits per heavy atom. The third-order valence-corrected chi connectivity index (χ3v) is 5.27. The van der Waals surface area contributed by atoms with E-state index in [1.54, 1.807) is 0 Å². The highest BCUT2D eigenvalue weighted by molar-refractivity contribution is 9.10. The number of piperidine rings is 1. The van der Waals surface area contributed by atoms with E-state index in [1.165, 1.54) is 41.8 Å². The van der Waals surface area contributed by atoms with Gasteiger partial charge in [-0.15, -0.1) is 11.3 Å². The van der Waals surface area contributed by atoms with Gasteiger partial charge in [0.25, 0.3) is 0 Å². The first-order valence-electron chi connectivity index (χ1n) is 7.29. The van der Waals surface area contributed by atoms with E-state index in [9.17, 15) is 0 Å². The zero-order valence-electron chi connectivity index (χ0n) is 12.0. The number of rotatable bonds is 6. The Morgan fingerprint density at radius 3 is 3.05 bits per heavy atom. The SMILES string of the molecule is CC(C)CNCC1CCCN(Cc2cc(Br)cs2)C1. The van der Waals surface area contributed by atoms with Crippen LogP contribution in [-0.2, 0) is 6.54 Å². The highest BCUT2D eigenvalue weighted by atomic mass is 79.9. The zero-order valence-corrected chi connectivity index (χ0v) is 14.4. The van der Waals surface area contributed by atoms with Gasteiger partial charge >= 0.3 is 0 Å². The number of hydrogen-bond donors (Lipinski definition) is 1.